The molecule has 0 aliphatic rings. The molecule has 0 fully saturated rings. The Morgan fingerprint density at radius 1 is 1.18 bits per heavy atom. The van der Waals surface area contributed by atoms with Crippen LogP contribution in [-0.2, 0) is 0 Å². The van der Waals surface area contributed by atoms with Gasteiger partial charge in [0.25, 0.3) is 0 Å². The lowest BCUT2D eigenvalue weighted by Crippen LogP contribution is -2.35. The van der Waals surface area contributed by atoms with Crippen molar-refractivity contribution in [2.24, 2.45) is 5.73 Å². The zero-order chi connectivity index (χ0) is 13.2. The highest BCUT2D eigenvalue weighted by Gasteiger charge is 2.26. The Kier molecular flexibility index (Phi) is 4.01. The first-order valence-electron chi connectivity index (χ1n) is 5.51. The summed E-state index contributed by atoms with van der Waals surface area (Å²) in [6.45, 7) is 5.31. The average molecular weight is 239 g/mol. The van der Waals surface area contributed by atoms with Gasteiger partial charge in [0, 0.05) is 0 Å². The van der Waals surface area contributed by atoms with Crippen molar-refractivity contribution in [3.8, 4) is 11.5 Å². The summed E-state index contributed by atoms with van der Waals surface area (Å²) in [4.78, 5) is 0. The van der Waals surface area contributed by atoms with Gasteiger partial charge in [-0.1, -0.05) is 0 Å². The van der Waals surface area contributed by atoms with Crippen LogP contribution in [0.4, 0.5) is 0 Å². The molecule has 0 bridgehead atoms. The highest BCUT2D eigenvalue weighted by molar-refractivity contribution is 5.48. The maximum absolute atomic E-state index is 9.96. The van der Waals surface area contributed by atoms with E-state index in [1.54, 1.807) is 28.1 Å². The van der Waals surface area contributed by atoms with Crippen molar-refractivity contribution in [1.82, 2.24) is 0 Å². The molecule has 17 heavy (non-hydrogen) atoms. The summed E-state index contributed by atoms with van der Waals surface area (Å²) in [7, 11) is 3.17. The number of aryl methyl sites for hydroxylation is 1. The predicted molar refractivity (Wildman–Crippen MR) is 67.5 cm³/mol. The molecule has 0 aromatic heterocycles. The number of hydrogen-bond acceptors (Lipinski definition) is 4. The van der Waals surface area contributed by atoms with E-state index >= 15 is 0 Å². The van der Waals surface area contributed by atoms with Gasteiger partial charge in [-0.15, -0.1) is 0 Å². The molecule has 1 aromatic rings. The number of nitrogens with two attached hydrogens (primary N) is 1. The predicted octanol–water partition coefficient (Wildman–Crippen LogP) is 1.78. The Bertz CT molecular complexity index is 396. The third-order valence-corrected chi connectivity index (χ3v) is 2.87. The van der Waals surface area contributed by atoms with Crippen molar-refractivity contribution in [3.63, 3.8) is 0 Å². The van der Waals surface area contributed by atoms with E-state index in [0.29, 0.717) is 11.5 Å². The molecule has 0 spiro atoms. The standard InChI is InChI=1S/C13H21NO3/c1-8-6-10(16-4)11(17-5)7-9(8)12(14)13(2,3)15/h6-7,12,15H,14H2,1-5H3. The SMILES string of the molecule is COc1cc(C)c(C(N)C(C)(C)O)cc1OC. The molecule has 0 aliphatic carbocycles. The Balaban J connectivity index is 3.26. The highest BCUT2D eigenvalue weighted by atomic mass is 16.5. The first kappa shape index (κ1) is 13.8. The minimum absolute atomic E-state index is 0.470. The zero-order valence-electron chi connectivity index (χ0n) is 11.1. The van der Waals surface area contributed by atoms with Crippen LogP contribution in [-0.4, -0.2) is 24.9 Å². The fourth-order valence-electron chi connectivity index (χ4n) is 1.71. The summed E-state index contributed by atoms with van der Waals surface area (Å²) >= 11 is 0. The van der Waals surface area contributed by atoms with E-state index in [0.717, 1.165) is 11.1 Å². The van der Waals surface area contributed by atoms with Crippen LogP contribution in [0.3, 0.4) is 0 Å². The highest BCUT2D eigenvalue weighted by Crippen LogP contribution is 2.35. The van der Waals surface area contributed by atoms with Crippen molar-refractivity contribution in [3.05, 3.63) is 23.3 Å². The molecule has 1 aromatic carbocycles. The normalized spacial score (nSPS) is 13.4. The van der Waals surface area contributed by atoms with Crippen LogP contribution in [0.25, 0.3) is 0 Å². The molecule has 0 saturated heterocycles. The van der Waals surface area contributed by atoms with Gasteiger partial charge in [0.1, 0.15) is 0 Å². The third kappa shape index (κ3) is 2.90. The van der Waals surface area contributed by atoms with Crippen LogP contribution in [0, 0.1) is 6.92 Å². The van der Waals surface area contributed by atoms with E-state index in [9.17, 15) is 5.11 Å². The molecule has 1 unspecified atom stereocenters. The lowest BCUT2D eigenvalue weighted by atomic mass is 9.89. The number of ether oxygens (including phenoxy) is 2. The molecular weight excluding hydrogens is 218 g/mol. The largest absolute Gasteiger partial charge is 0.493 e. The molecule has 1 atom stereocenters. The molecule has 1 rings (SSSR count). The number of methoxy groups -OCH3 is 2. The van der Waals surface area contributed by atoms with Crippen LogP contribution in [0.1, 0.15) is 31.0 Å². The first-order chi connectivity index (χ1) is 7.81. The smallest absolute Gasteiger partial charge is 0.161 e. The minimum atomic E-state index is -0.982. The van der Waals surface area contributed by atoms with Crippen LogP contribution in [0.2, 0.25) is 0 Å². The fourth-order valence-corrected chi connectivity index (χ4v) is 1.71. The third-order valence-electron chi connectivity index (χ3n) is 2.87. The van der Waals surface area contributed by atoms with Crippen LogP contribution in [0.5, 0.6) is 11.5 Å². The second kappa shape index (κ2) is 4.94. The second-order valence-corrected chi connectivity index (χ2v) is 4.70. The van der Waals surface area contributed by atoms with Crippen molar-refractivity contribution >= 4 is 0 Å². The van der Waals surface area contributed by atoms with E-state index in [-0.39, 0.29) is 0 Å². The van der Waals surface area contributed by atoms with Gasteiger partial charge in [-0.05, 0) is 44.0 Å². The van der Waals surface area contributed by atoms with E-state index in [4.69, 9.17) is 15.2 Å². The van der Waals surface area contributed by atoms with Crippen LogP contribution >= 0.6 is 0 Å². The van der Waals surface area contributed by atoms with Gasteiger partial charge in [0.05, 0.1) is 25.9 Å². The Morgan fingerprint density at radius 2 is 1.65 bits per heavy atom. The number of hydrogen-bond donors (Lipinski definition) is 2. The topological polar surface area (TPSA) is 64.7 Å². The molecule has 3 N–H and O–H groups in total. The maximum Gasteiger partial charge on any atom is 0.161 e. The van der Waals surface area contributed by atoms with Gasteiger partial charge < -0.3 is 20.3 Å². The maximum atomic E-state index is 9.96. The van der Waals surface area contributed by atoms with E-state index in [1.807, 2.05) is 19.1 Å². The van der Waals surface area contributed by atoms with Gasteiger partial charge in [-0.3, -0.25) is 0 Å². The quantitative estimate of drug-likeness (QED) is 0.840. The summed E-state index contributed by atoms with van der Waals surface area (Å²) in [5.74, 6) is 1.28. The molecule has 4 nitrogen and oxygen atoms in total. The Labute approximate surface area is 102 Å². The van der Waals surface area contributed by atoms with Crippen molar-refractivity contribution in [2.45, 2.75) is 32.4 Å². The lowest BCUT2D eigenvalue weighted by molar-refractivity contribution is 0.0514. The molecular formula is C13H21NO3. The molecule has 0 saturated carbocycles. The zero-order valence-corrected chi connectivity index (χ0v) is 11.1. The van der Waals surface area contributed by atoms with Gasteiger partial charge in [-0.25, -0.2) is 0 Å². The molecule has 96 valence electrons. The van der Waals surface area contributed by atoms with Gasteiger partial charge in [0.15, 0.2) is 11.5 Å². The van der Waals surface area contributed by atoms with E-state index < -0.39 is 11.6 Å². The minimum Gasteiger partial charge on any atom is -0.493 e. The van der Waals surface area contributed by atoms with Gasteiger partial charge in [0.2, 0.25) is 0 Å². The number of benzene rings is 1. The van der Waals surface area contributed by atoms with Crippen LogP contribution in [0.15, 0.2) is 12.1 Å². The second-order valence-electron chi connectivity index (χ2n) is 4.70. The molecule has 4 heteroatoms. The number of rotatable bonds is 4. The molecule has 0 radical (unpaired) electrons. The Morgan fingerprint density at radius 3 is 2.06 bits per heavy atom. The summed E-state index contributed by atoms with van der Waals surface area (Å²) in [5, 5.41) is 9.96. The summed E-state index contributed by atoms with van der Waals surface area (Å²) in [6, 6.07) is 3.21. The first-order valence-corrected chi connectivity index (χ1v) is 5.51. The fraction of sp³-hybridized carbons (Fsp3) is 0.538. The van der Waals surface area contributed by atoms with Crippen molar-refractivity contribution < 1.29 is 14.6 Å². The van der Waals surface area contributed by atoms with Crippen molar-refractivity contribution in [1.29, 1.82) is 0 Å². The average Bonchev–Trinajstić information content (AvgIpc) is 2.26. The van der Waals surface area contributed by atoms with Gasteiger partial charge >= 0.3 is 0 Å². The van der Waals surface area contributed by atoms with Crippen molar-refractivity contribution in [2.75, 3.05) is 14.2 Å². The van der Waals surface area contributed by atoms with Gasteiger partial charge in [-0.2, -0.15) is 0 Å². The van der Waals surface area contributed by atoms with E-state index in [2.05, 4.69) is 0 Å². The monoisotopic (exact) mass is 239 g/mol. The summed E-state index contributed by atoms with van der Waals surface area (Å²) in [5.41, 5.74) is 6.89. The van der Waals surface area contributed by atoms with Crippen LogP contribution < -0.4 is 15.2 Å². The lowest BCUT2D eigenvalue weighted by Gasteiger charge is -2.28. The summed E-state index contributed by atoms with van der Waals surface area (Å²) in [6.07, 6.45) is 0. The van der Waals surface area contributed by atoms with E-state index in [1.165, 1.54) is 0 Å². The summed E-state index contributed by atoms with van der Waals surface area (Å²) < 4.78 is 10.4. The molecule has 0 heterocycles. The Hall–Kier alpha value is -1.26. The number of aliphatic hydroxyl groups is 1. The molecule has 0 amide bonds. The molecule has 0 aliphatic heterocycles.